The Kier molecular flexibility index (Phi) is 4.83. The van der Waals surface area contributed by atoms with Gasteiger partial charge in [0.2, 0.25) is 0 Å². The van der Waals surface area contributed by atoms with Crippen LogP contribution in [0.5, 0.6) is 0 Å². The van der Waals surface area contributed by atoms with Gasteiger partial charge in [-0.15, -0.1) is 0 Å². The number of halogens is 1. The van der Waals surface area contributed by atoms with Gasteiger partial charge in [0, 0.05) is 5.02 Å². The summed E-state index contributed by atoms with van der Waals surface area (Å²) in [6, 6.07) is 7.73. The average molecular weight is 282 g/mol. The Morgan fingerprint density at radius 2 is 1.95 bits per heavy atom. The second-order valence-electron chi connectivity index (χ2n) is 5.05. The molecule has 2 rings (SSSR count). The number of piperidine rings is 1. The van der Waals surface area contributed by atoms with Gasteiger partial charge in [0.1, 0.15) is 0 Å². The first-order valence-electron chi connectivity index (χ1n) is 6.79. The van der Waals surface area contributed by atoms with Gasteiger partial charge in [-0.25, -0.2) is 0 Å². The van der Waals surface area contributed by atoms with E-state index >= 15 is 0 Å². The van der Waals surface area contributed by atoms with E-state index in [-0.39, 0.29) is 11.4 Å². The number of esters is 1. The van der Waals surface area contributed by atoms with Crippen molar-refractivity contribution in [1.82, 2.24) is 5.32 Å². The molecule has 4 heteroatoms. The zero-order valence-electron chi connectivity index (χ0n) is 11.2. The minimum absolute atomic E-state index is 0.0635. The van der Waals surface area contributed by atoms with Gasteiger partial charge in [0.25, 0.3) is 0 Å². The maximum absolute atomic E-state index is 12.3. The van der Waals surface area contributed by atoms with Crippen LogP contribution in [-0.2, 0) is 16.0 Å². The van der Waals surface area contributed by atoms with Crippen molar-refractivity contribution in [2.45, 2.75) is 26.2 Å². The Bertz CT molecular complexity index is 424. The molecule has 0 spiro atoms. The number of hydrogen-bond acceptors (Lipinski definition) is 3. The molecule has 0 atom stereocenters. The molecule has 1 heterocycles. The summed E-state index contributed by atoms with van der Waals surface area (Å²) >= 11 is 5.90. The van der Waals surface area contributed by atoms with Crippen molar-refractivity contribution < 1.29 is 9.53 Å². The summed E-state index contributed by atoms with van der Waals surface area (Å²) in [5.41, 5.74) is 0.758. The average Bonchev–Trinajstić information content (AvgIpc) is 2.43. The molecule has 19 heavy (non-hydrogen) atoms. The van der Waals surface area contributed by atoms with E-state index < -0.39 is 0 Å². The third-order valence-electron chi connectivity index (χ3n) is 3.72. The van der Waals surface area contributed by atoms with Crippen LogP contribution in [0.15, 0.2) is 24.3 Å². The Labute approximate surface area is 119 Å². The topological polar surface area (TPSA) is 38.3 Å². The van der Waals surface area contributed by atoms with E-state index in [0.29, 0.717) is 6.61 Å². The van der Waals surface area contributed by atoms with E-state index in [1.165, 1.54) is 0 Å². The molecule has 1 aromatic carbocycles. The number of carbonyl (C=O) groups is 1. The van der Waals surface area contributed by atoms with Gasteiger partial charge in [-0.05, 0) is 57.0 Å². The number of carbonyl (C=O) groups excluding carboxylic acids is 1. The molecule has 3 nitrogen and oxygen atoms in total. The smallest absolute Gasteiger partial charge is 0.312 e. The molecule has 0 unspecified atom stereocenters. The lowest BCUT2D eigenvalue weighted by Crippen LogP contribution is -2.44. The number of rotatable bonds is 4. The first kappa shape index (κ1) is 14.4. The predicted molar refractivity (Wildman–Crippen MR) is 76.3 cm³/mol. The highest BCUT2D eigenvalue weighted by Crippen LogP contribution is 2.34. The van der Waals surface area contributed by atoms with Gasteiger partial charge in [-0.1, -0.05) is 23.7 Å². The fraction of sp³-hybridized carbons (Fsp3) is 0.533. The third-order valence-corrected chi connectivity index (χ3v) is 3.98. The minimum Gasteiger partial charge on any atom is -0.466 e. The summed E-state index contributed by atoms with van der Waals surface area (Å²) in [6.07, 6.45) is 2.38. The van der Waals surface area contributed by atoms with Crippen molar-refractivity contribution in [3.05, 3.63) is 34.9 Å². The Morgan fingerprint density at radius 3 is 2.53 bits per heavy atom. The lowest BCUT2D eigenvalue weighted by molar-refractivity contribution is -0.157. The summed E-state index contributed by atoms with van der Waals surface area (Å²) in [7, 11) is 0. The van der Waals surface area contributed by atoms with Crippen molar-refractivity contribution in [1.29, 1.82) is 0 Å². The molecule has 1 aliphatic rings. The van der Waals surface area contributed by atoms with E-state index in [0.717, 1.165) is 42.9 Å². The summed E-state index contributed by atoms with van der Waals surface area (Å²) in [4.78, 5) is 12.3. The predicted octanol–water partition coefficient (Wildman–Crippen LogP) is 2.82. The van der Waals surface area contributed by atoms with Crippen molar-refractivity contribution >= 4 is 17.6 Å². The van der Waals surface area contributed by atoms with Crippen molar-refractivity contribution in [3.63, 3.8) is 0 Å². The monoisotopic (exact) mass is 281 g/mol. The Balaban J connectivity index is 2.17. The number of hydrogen-bond donors (Lipinski definition) is 1. The van der Waals surface area contributed by atoms with Crippen LogP contribution in [0.1, 0.15) is 25.3 Å². The lowest BCUT2D eigenvalue weighted by Gasteiger charge is -2.35. The van der Waals surface area contributed by atoms with E-state index in [1.54, 1.807) is 0 Å². The second-order valence-corrected chi connectivity index (χ2v) is 5.49. The quantitative estimate of drug-likeness (QED) is 0.863. The molecule has 1 aliphatic heterocycles. The fourth-order valence-corrected chi connectivity index (χ4v) is 2.76. The molecule has 0 aromatic heterocycles. The zero-order chi connectivity index (χ0) is 13.7. The maximum atomic E-state index is 12.3. The van der Waals surface area contributed by atoms with Gasteiger partial charge < -0.3 is 10.1 Å². The maximum Gasteiger partial charge on any atom is 0.312 e. The summed E-state index contributed by atoms with van der Waals surface area (Å²) in [5, 5.41) is 4.02. The number of nitrogens with one attached hydrogen (secondary N) is 1. The molecular weight excluding hydrogens is 262 g/mol. The van der Waals surface area contributed by atoms with Crippen LogP contribution in [0, 0.1) is 5.41 Å². The van der Waals surface area contributed by atoms with Crippen LogP contribution in [0.25, 0.3) is 0 Å². The summed E-state index contributed by atoms with van der Waals surface area (Å²) in [6.45, 7) is 4.03. The minimum atomic E-state index is -0.380. The van der Waals surface area contributed by atoms with Crippen LogP contribution in [0.2, 0.25) is 5.02 Å². The largest absolute Gasteiger partial charge is 0.466 e. The standard InChI is InChI=1S/C15H20ClNO2/c1-2-19-14(18)15(7-9-17-10-8-15)11-12-3-5-13(16)6-4-12/h3-6,17H,2,7-11H2,1H3. The molecule has 1 aromatic rings. The van der Waals surface area contributed by atoms with Gasteiger partial charge >= 0.3 is 5.97 Å². The SMILES string of the molecule is CCOC(=O)C1(Cc2ccc(Cl)cc2)CCNCC1. The van der Waals surface area contributed by atoms with Gasteiger partial charge in [0.05, 0.1) is 12.0 Å². The first-order valence-corrected chi connectivity index (χ1v) is 7.16. The van der Waals surface area contributed by atoms with Crippen LogP contribution >= 0.6 is 11.6 Å². The molecule has 1 saturated heterocycles. The molecule has 104 valence electrons. The second kappa shape index (κ2) is 6.40. The molecule has 0 bridgehead atoms. The number of ether oxygens (including phenoxy) is 1. The Hall–Kier alpha value is -1.06. The fourth-order valence-electron chi connectivity index (χ4n) is 2.64. The van der Waals surface area contributed by atoms with Crippen LogP contribution in [-0.4, -0.2) is 25.7 Å². The van der Waals surface area contributed by atoms with Gasteiger partial charge in [-0.3, -0.25) is 4.79 Å². The van der Waals surface area contributed by atoms with E-state index in [9.17, 15) is 4.79 Å². The van der Waals surface area contributed by atoms with Crippen LogP contribution in [0.4, 0.5) is 0 Å². The Morgan fingerprint density at radius 1 is 1.32 bits per heavy atom. The van der Waals surface area contributed by atoms with Crippen molar-refractivity contribution in [2.75, 3.05) is 19.7 Å². The normalized spacial score (nSPS) is 18.0. The number of benzene rings is 1. The van der Waals surface area contributed by atoms with Gasteiger partial charge in [0.15, 0.2) is 0 Å². The zero-order valence-corrected chi connectivity index (χ0v) is 12.0. The molecular formula is C15H20ClNO2. The van der Waals surface area contributed by atoms with Crippen molar-refractivity contribution in [3.8, 4) is 0 Å². The lowest BCUT2D eigenvalue weighted by atomic mass is 9.74. The highest BCUT2D eigenvalue weighted by atomic mass is 35.5. The van der Waals surface area contributed by atoms with E-state index in [2.05, 4.69) is 5.32 Å². The molecule has 0 saturated carbocycles. The van der Waals surface area contributed by atoms with E-state index in [4.69, 9.17) is 16.3 Å². The van der Waals surface area contributed by atoms with E-state index in [1.807, 2.05) is 31.2 Å². The van der Waals surface area contributed by atoms with Gasteiger partial charge in [-0.2, -0.15) is 0 Å². The van der Waals surface area contributed by atoms with Crippen LogP contribution in [0.3, 0.4) is 0 Å². The molecule has 1 N–H and O–H groups in total. The molecule has 0 radical (unpaired) electrons. The highest BCUT2D eigenvalue weighted by Gasteiger charge is 2.40. The summed E-state index contributed by atoms with van der Waals surface area (Å²) < 4.78 is 5.29. The molecule has 1 fully saturated rings. The highest BCUT2D eigenvalue weighted by molar-refractivity contribution is 6.30. The van der Waals surface area contributed by atoms with Crippen LogP contribution < -0.4 is 5.32 Å². The van der Waals surface area contributed by atoms with Crippen molar-refractivity contribution in [2.24, 2.45) is 5.41 Å². The third kappa shape index (κ3) is 3.48. The first-order chi connectivity index (χ1) is 9.16. The molecule has 0 amide bonds. The summed E-state index contributed by atoms with van der Waals surface area (Å²) in [5.74, 6) is -0.0635. The molecule has 0 aliphatic carbocycles.